The number of likely N-dealkylation sites (tertiary alicyclic amines) is 1. The fourth-order valence-corrected chi connectivity index (χ4v) is 4.35. The van der Waals surface area contributed by atoms with Crippen LogP contribution in [0.1, 0.15) is 34.3 Å². The molecule has 0 unspecified atom stereocenters. The summed E-state index contributed by atoms with van der Waals surface area (Å²) in [6, 6.07) is 11.9. The van der Waals surface area contributed by atoms with E-state index < -0.39 is 10.0 Å². The fourth-order valence-electron chi connectivity index (χ4n) is 3.21. The summed E-state index contributed by atoms with van der Waals surface area (Å²) in [5.41, 5.74) is 2.44. The molecule has 1 aliphatic rings. The van der Waals surface area contributed by atoms with E-state index in [0.717, 1.165) is 22.8 Å². The second kappa shape index (κ2) is 8.34. The van der Waals surface area contributed by atoms with Crippen LogP contribution in [-0.2, 0) is 21.4 Å². The van der Waals surface area contributed by atoms with E-state index in [1.54, 1.807) is 31.2 Å². The highest BCUT2D eigenvalue weighted by Gasteiger charge is 2.21. The second-order valence-corrected chi connectivity index (χ2v) is 9.46. The zero-order valence-electron chi connectivity index (χ0n) is 16.8. The number of anilines is 1. The van der Waals surface area contributed by atoms with Gasteiger partial charge in [0.05, 0.1) is 4.90 Å². The van der Waals surface area contributed by atoms with Crippen molar-refractivity contribution in [1.29, 1.82) is 0 Å². The van der Waals surface area contributed by atoms with Crippen LogP contribution in [0.15, 0.2) is 47.4 Å². The van der Waals surface area contributed by atoms with Crippen LogP contribution in [0.2, 0.25) is 0 Å². The van der Waals surface area contributed by atoms with Gasteiger partial charge in [0, 0.05) is 44.9 Å². The van der Waals surface area contributed by atoms with Gasteiger partial charge in [-0.3, -0.25) is 9.59 Å². The highest BCUT2D eigenvalue weighted by molar-refractivity contribution is 7.89. The molecule has 0 bridgehead atoms. The highest BCUT2D eigenvalue weighted by Crippen LogP contribution is 2.23. The topological polar surface area (TPSA) is 86.8 Å². The minimum absolute atomic E-state index is 0.158. The lowest BCUT2D eigenvalue weighted by Crippen LogP contribution is -2.24. The molecule has 2 aromatic carbocycles. The minimum atomic E-state index is -3.60. The Balaban J connectivity index is 1.72. The number of carbonyl (C=O) groups is 2. The number of nitrogens with zero attached hydrogens (tertiary/aromatic N) is 2. The number of hydrogen-bond donors (Lipinski definition) is 1. The fraction of sp³-hybridized carbons (Fsp3) is 0.333. The molecule has 0 saturated carbocycles. The van der Waals surface area contributed by atoms with Crippen LogP contribution >= 0.6 is 0 Å². The van der Waals surface area contributed by atoms with Crippen LogP contribution in [0, 0.1) is 6.92 Å². The molecule has 1 heterocycles. The molecule has 154 valence electrons. The second-order valence-electron chi connectivity index (χ2n) is 7.34. The molecule has 0 spiro atoms. The molecular formula is C21H25N3O4S. The van der Waals surface area contributed by atoms with Crippen molar-refractivity contribution in [3.8, 4) is 0 Å². The number of amides is 2. The van der Waals surface area contributed by atoms with Crippen LogP contribution in [-0.4, -0.2) is 50.1 Å². The average molecular weight is 416 g/mol. The van der Waals surface area contributed by atoms with Gasteiger partial charge < -0.3 is 10.2 Å². The van der Waals surface area contributed by atoms with Crippen LogP contribution in [0.5, 0.6) is 0 Å². The molecule has 2 amide bonds. The van der Waals surface area contributed by atoms with Gasteiger partial charge in [-0.2, -0.15) is 0 Å². The lowest BCUT2D eigenvalue weighted by atomic mass is 10.1. The number of aryl methyl sites for hydroxylation is 1. The van der Waals surface area contributed by atoms with E-state index in [-0.39, 0.29) is 16.7 Å². The van der Waals surface area contributed by atoms with E-state index in [9.17, 15) is 18.0 Å². The van der Waals surface area contributed by atoms with Gasteiger partial charge in [-0.05, 0) is 48.7 Å². The van der Waals surface area contributed by atoms with Crippen molar-refractivity contribution in [3.63, 3.8) is 0 Å². The molecule has 1 saturated heterocycles. The summed E-state index contributed by atoms with van der Waals surface area (Å²) in [7, 11) is -0.663. The number of sulfonamides is 1. The van der Waals surface area contributed by atoms with Crippen molar-refractivity contribution in [2.45, 2.75) is 31.2 Å². The molecule has 1 N–H and O–H groups in total. The Morgan fingerprint density at radius 2 is 1.83 bits per heavy atom. The maximum atomic E-state index is 12.6. The first-order chi connectivity index (χ1) is 13.7. The SMILES string of the molecule is Cc1ccc(NC(=O)c2ccc(CN3CCCC3=O)cc2)cc1S(=O)(=O)N(C)C. The number of carbonyl (C=O) groups excluding carboxylic acids is 2. The summed E-state index contributed by atoms with van der Waals surface area (Å²) in [5.74, 6) is -0.166. The van der Waals surface area contributed by atoms with Crippen molar-refractivity contribution in [2.75, 3.05) is 26.0 Å². The zero-order chi connectivity index (χ0) is 21.2. The van der Waals surface area contributed by atoms with E-state index in [4.69, 9.17) is 0 Å². The molecule has 0 atom stereocenters. The first-order valence-electron chi connectivity index (χ1n) is 9.40. The number of rotatable bonds is 6. The van der Waals surface area contributed by atoms with E-state index in [1.807, 2.05) is 17.0 Å². The van der Waals surface area contributed by atoms with Crippen molar-refractivity contribution >= 4 is 27.5 Å². The van der Waals surface area contributed by atoms with Gasteiger partial charge in [0.15, 0.2) is 0 Å². The molecule has 0 aromatic heterocycles. The first kappa shape index (κ1) is 21.0. The van der Waals surface area contributed by atoms with Crippen LogP contribution in [0.25, 0.3) is 0 Å². The Bertz CT molecular complexity index is 1030. The Morgan fingerprint density at radius 3 is 2.41 bits per heavy atom. The zero-order valence-corrected chi connectivity index (χ0v) is 17.6. The maximum Gasteiger partial charge on any atom is 0.255 e. The summed E-state index contributed by atoms with van der Waals surface area (Å²) in [6.07, 6.45) is 1.49. The molecule has 0 aliphatic carbocycles. The van der Waals surface area contributed by atoms with Gasteiger partial charge in [0.25, 0.3) is 5.91 Å². The number of benzene rings is 2. The third-order valence-electron chi connectivity index (χ3n) is 4.97. The quantitative estimate of drug-likeness (QED) is 0.786. The van der Waals surface area contributed by atoms with E-state index >= 15 is 0 Å². The van der Waals surface area contributed by atoms with E-state index in [1.165, 1.54) is 20.2 Å². The van der Waals surface area contributed by atoms with Gasteiger partial charge in [0.1, 0.15) is 0 Å². The lowest BCUT2D eigenvalue weighted by Gasteiger charge is -2.16. The highest BCUT2D eigenvalue weighted by atomic mass is 32.2. The standard InChI is InChI=1S/C21H25N3O4S/c1-15-6-11-18(13-19(15)29(27,28)23(2)3)22-21(26)17-9-7-16(8-10-17)14-24-12-4-5-20(24)25/h6-11,13H,4-5,12,14H2,1-3H3,(H,22,26). The molecule has 7 nitrogen and oxygen atoms in total. The third kappa shape index (κ3) is 4.65. The average Bonchev–Trinajstić information content (AvgIpc) is 3.08. The summed E-state index contributed by atoms with van der Waals surface area (Å²) < 4.78 is 26.0. The molecule has 0 radical (unpaired) electrons. The third-order valence-corrected chi connectivity index (χ3v) is 6.92. The smallest absolute Gasteiger partial charge is 0.255 e. The van der Waals surface area contributed by atoms with Crippen molar-refractivity contribution in [2.24, 2.45) is 0 Å². The number of hydrogen-bond acceptors (Lipinski definition) is 4. The number of nitrogens with one attached hydrogen (secondary N) is 1. The van der Waals surface area contributed by atoms with Crippen LogP contribution in [0.3, 0.4) is 0 Å². The Morgan fingerprint density at radius 1 is 1.14 bits per heavy atom. The molecule has 29 heavy (non-hydrogen) atoms. The predicted octanol–water partition coefficient (Wildman–Crippen LogP) is 2.62. The molecule has 8 heteroatoms. The Kier molecular flexibility index (Phi) is 6.04. The van der Waals surface area contributed by atoms with Gasteiger partial charge in [-0.15, -0.1) is 0 Å². The van der Waals surface area contributed by atoms with E-state index in [2.05, 4.69) is 5.32 Å². The molecule has 1 aliphatic heterocycles. The summed E-state index contributed by atoms with van der Waals surface area (Å²) >= 11 is 0. The summed E-state index contributed by atoms with van der Waals surface area (Å²) in [4.78, 5) is 26.3. The van der Waals surface area contributed by atoms with Crippen molar-refractivity contribution in [3.05, 3.63) is 59.2 Å². The van der Waals surface area contributed by atoms with Gasteiger partial charge >= 0.3 is 0 Å². The first-order valence-corrected chi connectivity index (χ1v) is 10.8. The summed E-state index contributed by atoms with van der Waals surface area (Å²) in [5, 5.41) is 2.75. The van der Waals surface area contributed by atoms with Crippen molar-refractivity contribution < 1.29 is 18.0 Å². The summed E-state index contributed by atoms with van der Waals surface area (Å²) in [6.45, 7) is 3.03. The lowest BCUT2D eigenvalue weighted by molar-refractivity contribution is -0.128. The van der Waals surface area contributed by atoms with Gasteiger partial charge in [-0.25, -0.2) is 12.7 Å². The molecule has 2 aromatic rings. The van der Waals surface area contributed by atoms with E-state index in [0.29, 0.717) is 29.8 Å². The Hall–Kier alpha value is -2.71. The molecule has 3 rings (SSSR count). The maximum absolute atomic E-state index is 12.6. The van der Waals surface area contributed by atoms with Crippen LogP contribution < -0.4 is 5.32 Å². The minimum Gasteiger partial charge on any atom is -0.338 e. The largest absolute Gasteiger partial charge is 0.338 e. The molecular weight excluding hydrogens is 390 g/mol. The normalized spacial score (nSPS) is 14.5. The monoisotopic (exact) mass is 415 g/mol. The Labute approximate surface area is 171 Å². The molecule has 1 fully saturated rings. The van der Waals surface area contributed by atoms with Gasteiger partial charge in [0.2, 0.25) is 15.9 Å². The predicted molar refractivity (Wildman–Crippen MR) is 111 cm³/mol. The van der Waals surface area contributed by atoms with Crippen LogP contribution in [0.4, 0.5) is 5.69 Å². The van der Waals surface area contributed by atoms with Gasteiger partial charge in [-0.1, -0.05) is 18.2 Å². The van der Waals surface area contributed by atoms with Crippen molar-refractivity contribution in [1.82, 2.24) is 9.21 Å².